The standard InChI is InChI=1S/C19H19N5S/c1-12-10-24-11-15(9-21-19(24)22-12)14-2-3-16-17(8-14)25-18(23-16)13-4-6-20-7-5-13/h2-3,8-11,13,20H,4-7H2,1H3. The van der Waals surface area contributed by atoms with E-state index in [1.807, 2.05) is 35.1 Å². The Bertz CT molecular complexity index is 1060. The van der Waals surface area contributed by atoms with Crippen LogP contribution in [0.3, 0.4) is 0 Å². The summed E-state index contributed by atoms with van der Waals surface area (Å²) in [5.41, 5.74) is 4.36. The van der Waals surface area contributed by atoms with Gasteiger partial charge in [0, 0.05) is 30.1 Å². The third-order valence-electron chi connectivity index (χ3n) is 4.86. The minimum atomic E-state index is 0.606. The number of benzene rings is 1. The molecule has 1 aliphatic rings. The fraction of sp³-hybridized carbons (Fsp3) is 0.316. The molecule has 1 fully saturated rings. The molecule has 0 spiro atoms. The zero-order valence-electron chi connectivity index (χ0n) is 14.1. The Balaban J connectivity index is 1.54. The first-order valence-corrected chi connectivity index (χ1v) is 9.51. The van der Waals surface area contributed by atoms with E-state index in [4.69, 9.17) is 4.98 Å². The van der Waals surface area contributed by atoms with Gasteiger partial charge in [-0.05, 0) is 50.6 Å². The third-order valence-corrected chi connectivity index (χ3v) is 6.04. The number of hydrogen-bond donors (Lipinski definition) is 1. The van der Waals surface area contributed by atoms with Crippen molar-refractivity contribution < 1.29 is 0 Å². The molecule has 0 saturated carbocycles. The molecule has 1 aromatic carbocycles. The Morgan fingerprint density at radius 2 is 2.00 bits per heavy atom. The fourth-order valence-electron chi connectivity index (χ4n) is 3.52. The van der Waals surface area contributed by atoms with E-state index in [-0.39, 0.29) is 0 Å². The molecule has 126 valence electrons. The molecule has 0 bridgehead atoms. The van der Waals surface area contributed by atoms with Gasteiger partial charge in [0.15, 0.2) is 0 Å². The summed E-state index contributed by atoms with van der Waals surface area (Å²) in [5.74, 6) is 1.35. The summed E-state index contributed by atoms with van der Waals surface area (Å²) in [6.45, 7) is 4.18. The van der Waals surface area contributed by atoms with Crippen molar-refractivity contribution in [3.8, 4) is 11.1 Å². The van der Waals surface area contributed by atoms with E-state index < -0.39 is 0 Å². The van der Waals surface area contributed by atoms with Crippen LogP contribution in [0, 0.1) is 6.92 Å². The van der Waals surface area contributed by atoms with E-state index in [2.05, 4.69) is 39.7 Å². The summed E-state index contributed by atoms with van der Waals surface area (Å²) >= 11 is 1.84. The van der Waals surface area contributed by atoms with Gasteiger partial charge in [-0.15, -0.1) is 11.3 Å². The minimum Gasteiger partial charge on any atom is -0.317 e. The number of thiazole rings is 1. The van der Waals surface area contributed by atoms with Crippen LogP contribution in [0.5, 0.6) is 0 Å². The lowest BCUT2D eigenvalue weighted by Gasteiger charge is -2.20. The maximum Gasteiger partial charge on any atom is 0.233 e. The van der Waals surface area contributed by atoms with Crippen molar-refractivity contribution in [1.82, 2.24) is 24.7 Å². The smallest absolute Gasteiger partial charge is 0.233 e. The number of piperidine rings is 1. The molecule has 5 nitrogen and oxygen atoms in total. The summed E-state index contributed by atoms with van der Waals surface area (Å²) in [7, 11) is 0. The Morgan fingerprint density at radius 1 is 1.12 bits per heavy atom. The monoisotopic (exact) mass is 349 g/mol. The van der Waals surface area contributed by atoms with Crippen LogP contribution < -0.4 is 5.32 Å². The SMILES string of the molecule is Cc1cn2cc(-c3ccc4nc(C5CCNCC5)sc4c3)cnc2n1. The van der Waals surface area contributed by atoms with Gasteiger partial charge in [-0.25, -0.2) is 15.0 Å². The zero-order chi connectivity index (χ0) is 16.8. The van der Waals surface area contributed by atoms with Gasteiger partial charge >= 0.3 is 0 Å². The Morgan fingerprint density at radius 3 is 2.88 bits per heavy atom. The van der Waals surface area contributed by atoms with Crippen LogP contribution in [-0.4, -0.2) is 32.4 Å². The van der Waals surface area contributed by atoms with E-state index in [9.17, 15) is 0 Å². The second-order valence-electron chi connectivity index (χ2n) is 6.69. The van der Waals surface area contributed by atoms with Gasteiger partial charge in [-0.2, -0.15) is 0 Å². The Hall–Kier alpha value is -2.31. The van der Waals surface area contributed by atoms with E-state index in [0.717, 1.165) is 35.6 Å². The molecule has 25 heavy (non-hydrogen) atoms. The van der Waals surface area contributed by atoms with Crippen molar-refractivity contribution in [3.05, 3.63) is 47.5 Å². The van der Waals surface area contributed by atoms with Gasteiger partial charge < -0.3 is 5.32 Å². The van der Waals surface area contributed by atoms with E-state index in [1.165, 1.54) is 28.1 Å². The average molecular weight is 349 g/mol. The zero-order valence-corrected chi connectivity index (χ0v) is 14.9. The highest BCUT2D eigenvalue weighted by Crippen LogP contribution is 2.34. The molecule has 0 radical (unpaired) electrons. The number of aryl methyl sites for hydroxylation is 1. The topological polar surface area (TPSA) is 55.1 Å². The summed E-state index contributed by atoms with van der Waals surface area (Å²) in [6, 6.07) is 6.51. The van der Waals surface area contributed by atoms with E-state index >= 15 is 0 Å². The summed E-state index contributed by atoms with van der Waals surface area (Å²) in [5, 5.41) is 4.71. The average Bonchev–Trinajstić information content (AvgIpc) is 3.23. The van der Waals surface area contributed by atoms with Gasteiger partial charge in [0.1, 0.15) is 0 Å². The largest absolute Gasteiger partial charge is 0.317 e. The first-order chi connectivity index (χ1) is 12.3. The van der Waals surface area contributed by atoms with Gasteiger partial charge in [0.25, 0.3) is 0 Å². The van der Waals surface area contributed by atoms with Crippen molar-refractivity contribution in [3.63, 3.8) is 0 Å². The van der Waals surface area contributed by atoms with Crippen molar-refractivity contribution >= 4 is 27.3 Å². The van der Waals surface area contributed by atoms with Crippen molar-refractivity contribution in [2.24, 2.45) is 0 Å². The van der Waals surface area contributed by atoms with Crippen LogP contribution in [0.25, 0.3) is 27.1 Å². The van der Waals surface area contributed by atoms with Crippen molar-refractivity contribution in [2.75, 3.05) is 13.1 Å². The highest BCUT2D eigenvalue weighted by molar-refractivity contribution is 7.18. The van der Waals surface area contributed by atoms with Crippen LogP contribution in [0.15, 0.2) is 36.8 Å². The molecule has 3 aromatic heterocycles. The number of aromatic nitrogens is 4. The fourth-order valence-corrected chi connectivity index (χ4v) is 4.69. The molecular formula is C19H19N5S. The van der Waals surface area contributed by atoms with Gasteiger partial charge in [-0.3, -0.25) is 4.40 Å². The molecule has 5 rings (SSSR count). The summed E-state index contributed by atoms with van der Waals surface area (Å²) in [4.78, 5) is 13.7. The number of nitrogens with zero attached hydrogens (tertiary/aromatic N) is 4. The molecule has 4 aromatic rings. The van der Waals surface area contributed by atoms with E-state index in [0.29, 0.717) is 5.92 Å². The van der Waals surface area contributed by atoms with Crippen molar-refractivity contribution in [1.29, 1.82) is 0 Å². The highest BCUT2D eigenvalue weighted by Gasteiger charge is 2.19. The van der Waals surface area contributed by atoms with Crippen LogP contribution in [0.4, 0.5) is 0 Å². The molecular weight excluding hydrogens is 330 g/mol. The molecule has 0 unspecified atom stereocenters. The lowest BCUT2D eigenvalue weighted by molar-refractivity contribution is 0.459. The highest BCUT2D eigenvalue weighted by atomic mass is 32.1. The predicted octanol–water partition coefficient (Wildman–Crippen LogP) is 3.78. The number of fused-ring (bicyclic) bond motifs is 2. The normalized spacial score (nSPS) is 16.0. The molecule has 0 atom stereocenters. The number of nitrogens with one attached hydrogen (secondary N) is 1. The first kappa shape index (κ1) is 15.0. The van der Waals surface area contributed by atoms with Gasteiger partial charge in [0.2, 0.25) is 5.78 Å². The minimum absolute atomic E-state index is 0.606. The van der Waals surface area contributed by atoms with Crippen LogP contribution in [0.1, 0.15) is 29.5 Å². The lowest BCUT2D eigenvalue weighted by Crippen LogP contribution is -2.26. The molecule has 0 amide bonds. The van der Waals surface area contributed by atoms with Gasteiger partial charge in [0.05, 0.1) is 20.9 Å². The molecule has 0 aliphatic carbocycles. The third kappa shape index (κ3) is 2.71. The summed E-state index contributed by atoms with van der Waals surface area (Å²) in [6.07, 6.45) is 8.38. The Kier molecular flexibility index (Phi) is 3.53. The molecule has 1 N–H and O–H groups in total. The summed E-state index contributed by atoms with van der Waals surface area (Å²) < 4.78 is 3.25. The van der Waals surface area contributed by atoms with Crippen LogP contribution >= 0.6 is 11.3 Å². The molecule has 6 heteroatoms. The second kappa shape index (κ2) is 5.89. The maximum absolute atomic E-state index is 4.88. The quantitative estimate of drug-likeness (QED) is 0.598. The van der Waals surface area contributed by atoms with E-state index in [1.54, 1.807) is 0 Å². The van der Waals surface area contributed by atoms with Crippen molar-refractivity contribution in [2.45, 2.75) is 25.7 Å². The maximum atomic E-state index is 4.88. The number of hydrogen-bond acceptors (Lipinski definition) is 5. The number of imidazole rings is 1. The predicted molar refractivity (Wildman–Crippen MR) is 101 cm³/mol. The number of rotatable bonds is 2. The first-order valence-electron chi connectivity index (χ1n) is 8.69. The molecule has 1 saturated heterocycles. The molecule has 4 heterocycles. The second-order valence-corrected chi connectivity index (χ2v) is 7.75. The lowest BCUT2D eigenvalue weighted by atomic mass is 9.99. The van der Waals surface area contributed by atoms with Crippen LogP contribution in [0.2, 0.25) is 0 Å². The van der Waals surface area contributed by atoms with Gasteiger partial charge in [-0.1, -0.05) is 6.07 Å². The molecule has 1 aliphatic heterocycles. The Labute approximate surface area is 149 Å². The van der Waals surface area contributed by atoms with Crippen LogP contribution in [-0.2, 0) is 0 Å².